The van der Waals surface area contributed by atoms with Crippen LogP contribution >= 0.6 is 17.0 Å². The molecule has 0 fully saturated rings. The van der Waals surface area contributed by atoms with Gasteiger partial charge in [0.2, 0.25) is 0 Å². The van der Waals surface area contributed by atoms with Gasteiger partial charge in [-0.2, -0.15) is 0 Å². The zero-order valence-electron chi connectivity index (χ0n) is 15.5. The number of hydrogen-bond acceptors (Lipinski definition) is 0. The number of quaternary nitrogens is 1. The molecule has 132 valence electrons. The van der Waals surface area contributed by atoms with Gasteiger partial charge in [-0.05, 0) is 12.8 Å². The van der Waals surface area contributed by atoms with Crippen LogP contribution in [0.3, 0.4) is 0 Å². The maximum absolute atomic E-state index is 2.29. The quantitative estimate of drug-likeness (QED) is 0.180. The molecule has 0 amide bonds. The van der Waals surface area contributed by atoms with Gasteiger partial charge in [0, 0.05) is 0 Å². The average Bonchev–Trinajstić information content (AvgIpc) is 2.38. The Balaban J connectivity index is -0.00000180. The number of rotatable bonds is 15. The molecule has 0 spiro atoms. The maximum atomic E-state index is 2.29. The van der Waals surface area contributed by atoms with Crippen LogP contribution in [0.5, 0.6) is 0 Å². The van der Waals surface area contributed by atoms with Crippen LogP contribution in [0.4, 0.5) is 0 Å². The molecule has 0 aromatic carbocycles. The predicted molar refractivity (Wildman–Crippen MR) is 111 cm³/mol. The Hall–Kier alpha value is 1.44. The van der Waals surface area contributed by atoms with Gasteiger partial charge >= 0.3 is 29.6 Å². The van der Waals surface area contributed by atoms with Gasteiger partial charge < -0.3 is 4.48 Å². The second-order valence-electron chi connectivity index (χ2n) is 7.61. The van der Waals surface area contributed by atoms with Crippen molar-refractivity contribution in [1.29, 1.82) is 0 Å². The molecule has 0 aliphatic carbocycles. The van der Waals surface area contributed by atoms with E-state index >= 15 is 0 Å². The topological polar surface area (TPSA) is 0 Å². The molecule has 0 bridgehead atoms. The Morgan fingerprint density at radius 2 is 0.773 bits per heavy atom. The molecule has 0 aromatic rings. The Bertz CT molecular complexity index is 192. The third kappa shape index (κ3) is 26.3. The Morgan fingerprint density at radius 3 is 1.05 bits per heavy atom. The molecule has 0 aromatic heterocycles. The van der Waals surface area contributed by atoms with Crippen LogP contribution in [0.2, 0.25) is 0 Å². The molecule has 0 N–H and O–H groups in total. The summed E-state index contributed by atoms with van der Waals surface area (Å²) in [5.74, 6) is 0. The summed E-state index contributed by atoms with van der Waals surface area (Å²) in [7, 11) is 6.88. The first kappa shape index (κ1) is 28.3. The standard InChI is InChI=1S/C19H42N.BrH.Na.H/c1-5-6-7-8-9-10-11-12-13-14-15-16-17-18-19-20(2,3)4;;;/h5-19H2,1-4H3;1H;;/q+1;;;. The first-order valence-electron chi connectivity index (χ1n) is 9.36. The van der Waals surface area contributed by atoms with Crippen molar-refractivity contribution in [3.8, 4) is 0 Å². The van der Waals surface area contributed by atoms with Crippen LogP contribution in [-0.4, -0.2) is 61.7 Å². The molecule has 0 radical (unpaired) electrons. The van der Waals surface area contributed by atoms with Gasteiger partial charge in [-0.1, -0.05) is 84.0 Å². The average molecular weight is 389 g/mol. The summed E-state index contributed by atoms with van der Waals surface area (Å²) in [6.45, 7) is 3.63. The van der Waals surface area contributed by atoms with Crippen LogP contribution in [0.25, 0.3) is 0 Å². The normalized spacial score (nSPS) is 10.9. The van der Waals surface area contributed by atoms with E-state index in [2.05, 4.69) is 28.1 Å². The van der Waals surface area contributed by atoms with E-state index in [0.717, 1.165) is 4.48 Å². The van der Waals surface area contributed by atoms with E-state index < -0.39 is 0 Å². The van der Waals surface area contributed by atoms with Gasteiger partial charge in [-0.15, -0.1) is 17.0 Å². The van der Waals surface area contributed by atoms with Crippen LogP contribution in [0.1, 0.15) is 96.8 Å². The van der Waals surface area contributed by atoms with E-state index in [4.69, 9.17) is 0 Å². The summed E-state index contributed by atoms with van der Waals surface area (Å²) in [6, 6.07) is 0. The number of hydrogen-bond donors (Lipinski definition) is 0. The third-order valence-electron chi connectivity index (χ3n) is 4.18. The van der Waals surface area contributed by atoms with Gasteiger partial charge in [0.05, 0.1) is 27.7 Å². The summed E-state index contributed by atoms with van der Waals surface area (Å²) < 4.78 is 1.12. The molecule has 0 rings (SSSR count). The van der Waals surface area contributed by atoms with Crippen molar-refractivity contribution in [3.05, 3.63) is 0 Å². The Labute approximate surface area is 174 Å². The number of halogens is 1. The van der Waals surface area contributed by atoms with Crippen LogP contribution < -0.4 is 0 Å². The van der Waals surface area contributed by atoms with E-state index in [9.17, 15) is 0 Å². The van der Waals surface area contributed by atoms with Crippen LogP contribution in [0, 0.1) is 0 Å². The number of unbranched alkanes of at least 4 members (excludes halogenated alkanes) is 13. The van der Waals surface area contributed by atoms with E-state index in [1.54, 1.807) is 0 Å². The minimum atomic E-state index is 0. The van der Waals surface area contributed by atoms with E-state index in [0.29, 0.717) is 0 Å². The molecular formula is C19H44BrNNa+. The van der Waals surface area contributed by atoms with Crippen molar-refractivity contribution in [2.75, 3.05) is 27.7 Å². The predicted octanol–water partition coefficient (Wildman–Crippen LogP) is 6.10. The fraction of sp³-hybridized carbons (Fsp3) is 1.00. The minimum absolute atomic E-state index is 0. The van der Waals surface area contributed by atoms with Crippen LogP contribution in [-0.2, 0) is 0 Å². The molecule has 0 atom stereocenters. The van der Waals surface area contributed by atoms with Gasteiger partial charge in [0.1, 0.15) is 0 Å². The monoisotopic (exact) mass is 388 g/mol. The molecule has 3 heteroatoms. The van der Waals surface area contributed by atoms with Crippen molar-refractivity contribution in [3.63, 3.8) is 0 Å². The van der Waals surface area contributed by atoms with Crippen molar-refractivity contribution in [1.82, 2.24) is 0 Å². The van der Waals surface area contributed by atoms with Gasteiger partial charge in [0.15, 0.2) is 0 Å². The first-order chi connectivity index (χ1) is 9.56. The van der Waals surface area contributed by atoms with E-state index in [1.165, 1.54) is 96.4 Å². The third-order valence-corrected chi connectivity index (χ3v) is 4.18. The number of nitrogens with zero attached hydrogens (tertiary/aromatic N) is 1. The van der Waals surface area contributed by atoms with Gasteiger partial charge in [0.25, 0.3) is 0 Å². The summed E-state index contributed by atoms with van der Waals surface area (Å²) >= 11 is 0. The molecule has 0 saturated heterocycles. The van der Waals surface area contributed by atoms with Crippen molar-refractivity contribution < 1.29 is 4.48 Å². The second-order valence-corrected chi connectivity index (χ2v) is 7.61. The van der Waals surface area contributed by atoms with E-state index in [1.807, 2.05) is 0 Å². The fourth-order valence-electron chi connectivity index (χ4n) is 2.78. The Kier molecular flexibility index (Phi) is 26.3. The Morgan fingerprint density at radius 1 is 0.500 bits per heavy atom. The molecular weight excluding hydrogens is 345 g/mol. The van der Waals surface area contributed by atoms with Crippen molar-refractivity contribution in [2.24, 2.45) is 0 Å². The van der Waals surface area contributed by atoms with Crippen molar-refractivity contribution in [2.45, 2.75) is 96.8 Å². The SMILES string of the molecule is Br.CCCCCCCCCCCCCCCC[N+](C)(C)C.[NaH]. The molecule has 1 nitrogen and oxygen atoms in total. The molecule has 0 heterocycles. The fourth-order valence-corrected chi connectivity index (χ4v) is 2.78. The summed E-state index contributed by atoms with van der Waals surface area (Å²) in [5, 5.41) is 0. The second kappa shape index (κ2) is 20.5. The molecule has 0 unspecified atom stereocenters. The zero-order valence-corrected chi connectivity index (χ0v) is 17.2. The molecule has 0 aliphatic heterocycles. The summed E-state index contributed by atoms with van der Waals surface area (Å²) in [4.78, 5) is 0. The van der Waals surface area contributed by atoms with Crippen LogP contribution in [0.15, 0.2) is 0 Å². The zero-order chi connectivity index (χ0) is 15.1. The molecule has 0 saturated carbocycles. The first-order valence-corrected chi connectivity index (χ1v) is 9.36. The summed E-state index contributed by atoms with van der Waals surface area (Å²) in [5.41, 5.74) is 0. The summed E-state index contributed by atoms with van der Waals surface area (Å²) in [6.07, 6.45) is 20.4. The van der Waals surface area contributed by atoms with Gasteiger partial charge in [-0.25, -0.2) is 0 Å². The van der Waals surface area contributed by atoms with E-state index in [-0.39, 0.29) is 46.5 Å². The van der Waals surface area contributed by atoms with Gasteiger partial charge in [-0.3, -0.25) is 0 Å². The van der Waals surface area contributed by atoms with Crippen molar-refractivity contribution >= 4 is 46.5 Å². The molecule has 0 aliphatic rings. The molecule has 22 heavy (non-hydrogen) atoms.